The molecular weight excluding hydrogens is 240 g/mol. The van der Waals surface area contributed by atoms with E-state index in [4.69, 9.17) is 11.6 Å². The van der Waals surface area contributed by atoms with E-state index in [2.05, 4.69) is 10.3 Å². The van der Waals surface area contributed by atoms with Gasteiger partial charge in [0.2, 0.25) is 0 Å². The average molecular weight is 249 g/mol. The monoisotopic (exact) mass is 248 g/mol. The van der Waals surface area contributed by atoms with Crippen molar-refractivity contribution >= 4 is 23.2 Å². The lowest BCUT2D eigenvalue weighted by Crippen LogP contribution is -2.13. The quantitative estimate of drug-likeness (QED) is 0.859. The molecule has 17 heavy (non-hydrogen) atoms. The van der Waals surface area contributed by atoms with E-state index in [-0.39, 0.29) is 16.5 Å². The predicted octanol–water partition coefficient (Wildman–Crippen LogP) is 2.69. The zero-order valence-electron chi connectivity index (χ0n) is 8.72. The number of hydrogen-bond acceptors (Lipinski definition) is 3. The Balaban J connectivity index is 2.24. The van der Waals surface area contributed by atoms with Gasteiger partial charge >= 0.3 is 0 Å². The van der Waals surface area contributed by atoms with Crippen LogP contribution in [-0.4, -0.2) is 16.0 Å². The summed E-state index contributed by atoms with van der Waals surface area (Å²) in [6.45, 7) is 0. The lowest BCUT2D eigenvalue weighted by molar-refractivity contribution is 0.101. The molecule has 0 aliphatic carbocycles. The van der Waals surface area contributed by atoms with Crippen LogP contribution in [0.15, 0.2) is 42.6 Å². The van der Waals surface area contributed by atoms with Crippen molar-refractivity contribution in [3.63, 3.8) is 0 Å². The Kier molecular flexibility index (Phi) is 3.25. The fourth-order valence-electron chi connectivity index (χ4n) is 1.31. The number of aromatic hydroxyl groups is 1. The molecule has 1 aromatic heterocycles. The highest BCUT2D eigenvalue weighted by Crippen LogP contribution is 2.25. The minimum Gasteiger partial charge on any atom is -0.504 e. The molecule has 1 amide bonds. The van der Waals surface area contributed by atoms with Gasteiger partial charge in [0, 0.05) is 11.9 Å². The van der Waals surface area contributed by atoms with Crippen LogP contribution in [0.25, 0.3) is 0 Å². The molecule has 0 aliphatic rings. The third-order valence-electron chi connectivity index (χ3n) is 2.12. The third kappa shape index (κ3) is 2.54. The van der Waals surface area contributed by atoms with Gasteiger partial charge in [-0.05, 0) is 18.2 Å². The maximum atomic E-state index is 11.8. The SMILES string of the molecule is O=C(Nc1ccccc1)c1nccc(Cl)c1O. The van der Waals surface area contributed by atoms with Crippen molar-refractivity contribution in [3.8, 4) is 5.75 Å². The summed E-state index contributed by atoms with van der Waals surface area (Å²) in [5, 5.41) is 12.3. The number of nitrogens with one attached hydrogen (secondary N) is 1. The van der Waals surface area contributed by atoms with Crippen molar-refractivity contribution in [2.75, 3.05) is 5.32 Å². The molecule has 0 fully saturated rings. The molecule has 1 aromatic carbocycles. The summed E-state index contributed by atoms with van der Waals surface area (Å²) in [6, 6.07) is 10.3. The van der Waals surface area contributed by atoms with Gasteiger partial charge in [-0.3, -0.25) is 4.79 Å². The van der Waals surface area contributed by atoms with Crippen LogP contribution < -0.4 is 5.32 Å². The Labute approximate surface area is 103 Å². The van der Waals surface area contributed by atoms with Crippen molar-refractivity contribution in [1.82, 2.24) is 4.98 Å². The molecule has 2 N–H and O–H groups in total. The van der Waals surface area contributed by atoms with Crippen molar-refractivity contribution in [2.24, 2.45) is 0 Å². The second kappa shape index (κ2) is 4.84. The van der Waals surface area contributed by atoms with E-state index in [0.29, 0.717) is 5.69 Å². The minimum absolute atomic E-state index is 0.0956. The number of pyridine rings is 1. The normalized spacial score (nSPS) is 9.94. The summed E-state index contributed by atoms with van der Waals surface area (Å²) in [5.74, 6) is -0.821. The van der Waals surface area contributed by atoms with E-state index < -0.39 is 5.91 Å². The molecule has 86 valence electrons. The molecule has 0 saturated heterocycles. The fourth-order valence-corrected chi connectivity index (χ4v) is 1.45. The highest BCUT2D eigenvalue weighted by molar-refractivity contribution is 6.32. The molecule has 0 saturated carbocycles. The van der Waals surface area contributed by atoms with Crippen LogP contribution in [0.4, 0.5) is 5.69 Å². The summed E-state index contributed by atoms with van der Waals surface area (Å²) >= 11 is 5.69. The zero-order valence-corrected chi connectivity index (χ0v) is 9.48. The van der Waals surface area contributed by atoms with Crippen LogP contribution in [0.5, 0.6) is 5.75 Å². The van der Waals surface area contributed by atoms with Crippen LogP contribution in [-0.2, 0) is 0 Å². The summed E-state index contributed by atoms with van der Waals surface area (Å²) in [4.78, 5) is 15.6. The molecule has 0 atom stereocenters. The first-order chi connectivity index (χ1) is 8.18. The highest BCUT2D eigenvalue weighted by atomic mass is 35.5. The van der Waals surface area contributed by atoms with Gasteiger partial charge in [-0.1, -0.05) is 29.8 Å². The van der Waals surface area contributed by atoms with E-state index in [0.717, 1.165) is 0 Å². The molecule has 2 aromatic rings. The molecule has 1 heterocycles. The Hall–Kier alpha value is -2.07. The van der Waals surface area contributed by atoms with Crippen molar-refractivity contribution < 1.29 is 9.90 Å². The van der Waals surface area contributed by atoms with Crippen LogP contribution in [0.2, 0.25) is 5.02 Å². The number of rotatable bonds is 2. The number of benzene rings is 1. The predicted molar refractivity (Wildman–Crippen MR) is 65.3 cm³/mol. The first-order valence-electron chi connectivity index (χ1n) is 4.88. The Bertz CT molecular complexity index is 543. The Morgan fingerprint density at radius 3 is 2.65 bits per heavy atom. The van der Waals surface area contributed by atoms with Gasteiger partial charge in [0.1, 0.15) is 0 Å². The molecule has 0 bridgehead atoms. The van der Waals surface area contributed by atoms with E-state index in [1.54, 1.807) is 24.3 Å². The number of para-hydroxylation sites is 1. The lowest BCUT2D eigenvalue weighted by atomic mass is 10.2. The van der Waals surface area contributed by atoms with Gasteiger partial charge in [-0.15, -0.1) is 0 Å². The number of carbonyl (C=O) groups excluding carboxylic acids is 1. The van der Waals surface area contributed by atoms with Gasteiger partial charge in [-0.25, -0.2) is 4.98 Å². The van der Waals surface area contributed by atoms with Gasteiger partial charge in [0.05, 0.1) is 5.02 Å². The maximum absolute atomic E-state index is 11.8. The standard InChI is InChI=1S/C12H9ClN2O2/c13-9-6-7-14-10(11(9)16)12(17)15-8-4-2-1-3-5-8/h1-7,16H,(H,15,17). The van der Waals surface area contributed by atoms with Gasteiger partial charge < -0.3 is 10.4 Å². The minimum atomic E-state index is -0.504. The number of amides is 1. The third-order valence-corrected chi connectivity index (χ3v) is 2.43. The molecule has 0 spiro atoms. The smallest absolute Gasteiger partial charge is 0.278 e. The fraction of sp³-hybridized carbons (Fsp3) is 0. The molecule has 4 nitrogen and oxygen atoms in total. The van der Waals surface area contributed by atoms with E-state index in [9.17, 15) is 9.90 Å². The second-order valence-corrected chi connectivity index (χ2v) is 3.72. The molecule has 2 rings (SSSR count). The van der Waals surface area contributed by atoms with Crippen LogP contribution >= 0.6 is 11.6 Å². The van der Waals surface area contributed by atoms with Crippen molar-refractivity contribution in [2.45, 2.75) is 0 Å². The van der Waals surface area contributed by atoms with Gasteiger partial charge in [0.15, 0.2) is 11.4 Å². The number of carbonyl (C=O) groups is 1. The molecule has 0 aliphatic heterocycles. The largest absolute Gasteiger partial charge is 0.504 e. The first-order valence-corrected chi connectivity index (χ1v) is 5.26. The van der Waals surface area contributed by atoms with E-state index in [1.807, 2.05) is 6.07 Å². The number of hydrogen-bond donors (Lipinski definition) is 2. The van der Waals surface area contributed by atoms with E-state index >= 15 is 0 Å². The first kappa shape index (κ1) is 11.4. The molecular formula is C12H9ClN2O2. The second-order valence-electron chi connectivity index (χ2n) is 3.31. The van der Waals surface area contributed by atoms with Crippen molar-refractivity contribution in [1.29, 1.82) is 0 Å². The van der Waals surface area contributed by atoms with Gasteiger partial charge in [-0.2, -0.15) is 0 Å². The maximum Gasteiger partial charge on any atom is 0.278 e. The summed E-state index contributed by atoms with van der Waals surface area (Å²) in [5.41, 5.74) is 0.528. The lowest BCUT2D eigenvalue weighted by Gasteiger charge is -2.06. The summed E-state index contributed by atoms with van der Waals surface area (Å²) in [6.07, 6.45) is 1.36. The number of nitrogens with zero attached hydrogens (tertiary/aromatic N) is 1. The van der Waals surface area contributed by atoms with Gasteiger partial charge in [0.25, 0.3) is 5.91 Å². The van der Waals surface area contributed by atoms with Crippen molar-refractivity contribution in [3.05, 3.63) is 53.3 Å². The summed E-state index contributed by atoms with van der Waals surface area (Å²) in [7, 11) is 0. The number of anilines is 1. The highest BCUT2D eigenvalue weighted by Gasteiger charge is 2.15. The zero-order chi connectivity index (χ0) is 12.3. The Morgan fingerprint density at radius 2 is 1.94 bits per heavy atom. The topological polar surface area (TPSA) is 62.2 Å². The van der Waals surface area contributed by atoms with Crippen LogP contribution in [0.1, 0.15) is 10.5 Å². The molecule has 0 unspecified atom stereocenters. The number of halogens is 1. The molecule has 0 radical (unpaired) electrons. The Morgan fingerprint density at radius 1 is 1.24 bits per heavy atom. The summed E-state index contributed by atoms with van der Waals surface area (Å²) < 4.78 is 0. The van der Waals surface area contributed by atoms with Crippen LogP contribution in [0, 0.1) is 0 Å². The van der Waals surface area contributed by atoms with E-state index in [1.165, 1.54) is 12.3 Å². The van der Waals surface area contributed by atoms with Crippen LogP contribution in [0.3, 0.4) is 0 Å². The molecule has 5 heteroatoms. The number of aromatic nitrogens is 1. The average Bonchev–Trinajstić information content (AvgIpc) is 2.34.